The van der Waals surface area contributed by atoms with Gasteiger partial charge in [0, 0.05) is 36.9 Å². The van der Waals surface area contributed by atoms with E-state index >= 15 is 0 Å². The predicted octanol–water partition coefficient (Wildman–Crippen LogP) is 1.88. The van der Waals surface area contributed by atoms with Crippen molar-refractivity contribution in [1.82, 2.24) is 19.8 Å². The lowest BCUT2D eigenvalue weighted by Gasteiger charge is -2.23. The SMILES string of the molecule is CN(Cc1ncccn1)C1CCN(C(=O)c2ccsc2)C1. The minimum atomic E-state index is 0.142. The molecule has 1 fully saturated rings. The smallest absolute Gasteiger partial charge is 0.254 e. The lowest BCUT2D eigenvalue weighted by molar-refractivity contribution is 0.0780. The molecule has 1 aliphatic heterocycles. The molecule has 2 aromatic rings. The van der Waals surface area contributed by atoms with Crippen LogP contribution in [0.3, 0.4) is 0 Å². The molecule has 0 radical (unpaired) electrons. The van der Waals surface area contributed by atoms with Crippen molar-refractivity contribution in [3.8, 4) is 0 Å². The molecule has 1 atom stereocenters. The average molecular weight is 302 g/mol. The van der Waals surface area contributed by atoms with Gasteiger partial charge in [-0.05, 0) is 31.0 Å². The fraction of sp³-hybridized carbons (Fsp3) is 0.400. The summed E-state index contributed by atoms with van der Waals surface area (Å²) in [6.07, 6.45) is 4.52. The van der Waals surface area contributed by atoms with Gasteiger partial charge in [0.25, 0.3) is 5.91 Å². The molecule has 110 valence electrons. The van der Waals surface area contributed by atoms with Gasteiger partial charge in [-0.1, -0.05) is 0 Å². The van der Waals surface area contributed by atoms with Gasteiger partial charge in [-0.15, -0.1) is 0 Å². The van der Waals surface area contributed by atoms with Crippen LogP contribution in [0.15, 0.2) is 35.3 Å². The maximum absolute atomic E-state index is 12.3. The monoisotopic (exact) mass is 302 g/mol. The third-order valence-electron chi connectivity index (χ3n) is 3.85. The zero-order valence-corrected chi connectivity index (χ0v) is 12.8. The Morgan fingerprint density at radius 2 is 2.29 bits per heavy atom. The lowest BCUT2D eigenvalue weighted by Crippen LogP contribution is -2.36. The molecule has 1 saturated heterocycles. The zero-order valence-electron chi connectivity index (χ0n) is 12.0. The Balaban J connectivity index is 1.58. The van der Waals surface area contributed by atoms with Crippen molar-refractivity contribution < 1.29 is 4.79 Å². The van der Waals surface area contributed by atoms with Gasteiger partial charge >= 0.3 is 0 Å². The largest absolute Gasteiger partial charge is 0.337 e. The first kappa shape index (κ1) is 14.2. The summed E-state index contributed by atoms with van der Waals surface area (Å²) in [5, 5.41) is 3.86. The molecule has 0 bridgehead atoms. The van der Waals surface area contributed by atoms with E-state index in [2.05, 4.69) is 21.9 Å². The highest BCUT2D eigenvalue weighted by atomic mass is 32.1. The van der Waals surface area contributed by atoms with Crippen molar-refractivity contribution in [2.45, 2.75) is 19.0 Å². The molecule has 2 aromatic heterocycles. The van der Waals surface area contributed by atoms with Gasteiger partial charge in [-0.2, -0.15) is 11.3 Å². The lowest BCUT2D eigenvalue weighted by atomic mass is 10.2. The van der Waals surface area contributed by atoms with Crippen LogP contribution >= 0.6 is 11.3 Å². The Morgan fingerprint density at radius 3 is 3.00 bits per heavy atom. The molecule has 6 heteroatoms. The molecule has 21 heavy (non-hydrogen) atoms. The van der Waals surface area contributed by atoms with Crippen LogP contribution < -0.4 is 0 Å². The molecule has 0 spiro atoms. The number of rotatable bonds is 4. The molecule has 3 heterocycles. The normalized spacial score (nSPS) is 18.4. The second-order valence-electron chi connectivity index (χ2n) is 5.29. The molecule has 0 saturated carbocycles. The minimum absolute atomic E-state index is 0.142. The molecular weight excluding hydrogens is 284 g/mol. The quantitative estimate of drug-likeness (QED) is 0.865. The van der Waals surface area contributed by atoms with E-state index in [0.717, 1.165) is 30.9 Å². The van der Waals surface area contributed by atoms with E-state index in [-0.39, 0.29) is 5.91 Å². The summed E-state index contributed by atoms with van der Waals surface area (Å²) in [5.74, 6) is 0.964. The molecule has 3 rings (SSSR count). The maximum Gasteiger partial charge on any atom is 0.254 e. The van der Waals surface area contributed by atoms with E-state index in [4.69, 9.17) is 0 Å². The number of likely N-dealkylation sites (tertiary alicyclic amines) is 1. The summed E-state index contributed by atoms with van der Waals surface area (Å²) in [6.45, 7) is 2.31. The summed E-state index contributed by atoms with van der Waals surface area (Å²) in [4.78, 5) is 25.0. The highest BCUT2D eigenvalue weighted by molar-refractivity contribution is 7.08. The van der Waals surface area contributed by atoms with Gasteiger partial charge in [0.15, 0.2) is 0 Å². The third kappa shape index (κ3) is 3.28. The van der Waals surface area contributed by atoms with Gasteiger partial charge in [0.05, 0.1) is 12.1 Å². The van der Waals surface area contributed by atoms with E-state index < -0.39 is 0 Å². The summed E-state index contributed by atoms with van der Waals surface area (Å²) >= 11 is 1.56. The summed E-state index contributed by atoms with van der Waals surface area (Å²) in [6, 6.07) is 4.08. The highest BCUT2D eigenvalue weighted by Crippen LogP contribution is 2.19. The number of thiophene rings is 1. The topological polar surface area (TPSA) is 49.3 Å². The fourth-order valence-electron chi connectivity index (χ4n) is 2.62. The highest BCUT2D eigenvalue weighted by Gasteiger charge is 2.29. The fourth-order valence-corrected chi connectivity index (χ4v) is 3.25. The standard InChI is InChI=1S/C15H18N4OS/c1-18(10-14-16-5-2-6-17-14)13-3-7-19(9-13)15(20)12-4-8-21-11-12/h2,4-6,8,11,13H,3,7,9-10H2,1H3. The maximum atomic E-state index is 12.3. The van der Waals surface area contributed by atoms with E-state index in [1.165, 1.54) is 0 Å². The van der Waals surface area contributed by atoms with Crippen LogP contribution in [0.1, 0.15) is 22.6 Å². The van der Waals surface area contributed by atoms with Gasteiger partial charge in [0.1, 0.15) is 5.82 Å². The Labute approximate surface area is 128 Å². The molecule has 0 aliphatic carbocycles. The minimum Gasteiger partial charge on any atom is -0.337 e. The van der Waals surface area contributed by atoms with Crippen molar-refractivity contribution in [3.05, 3.63) is 46.7 Å². The summed E-state index contributed by atoms with van der Waals surface area (Å²) in [7, 11) is 2.07. The van der Waals surface area contributed by atoms with Crippen molar-refractivity contribution in [1.29, 1.82) is 0 Å². The number of amides is 1. The van der Waals surface area contributed by atoms with Crippen LogP contribution in [0.2, 0.25) is 0 Å². The van der Waals surface area contributed by atoms with Crippen molar-refractivity contribution in [2.75, 3.05) is 20.1 Å². The molecule has 1 unspecified atom stereocenters. The number of hydrogen-bond donors (Lipinski definition) is 0. The van der Waals surface area contributed by atoms with Crippen LogP contribution in [0.25, 0.3) is 0 Å². The number of hydrogen-bond acceptors (Lipinski definition) is 5. The van der Waals surface area contributed by atoms with Crippen molar-refractivity contribution >= 4 is 17.2 Å². The van der Waals surface area contributed by atoms with E-state index in [0.29, 0.717) is 12.6 Å². The second-order valence-corrected chi connectivity index (χ2v) is 6.07. The van der Waals surface area contributed by atoms with Gasteiger partial charge in [-0.25, -0.2) is 9.97 Å². The molecule has 0 N–H and O–H groups in total. The van der Waals surface area contributed by atoms with Crippen LogP contribution in [0.5, 0.6) is 0 Å². The van der Waals surface area contributed by atoms with E-state index in [1.54, 1.807) is 23.7 Å². The first-order chi connectivity index (χ1) is 10.2. The number of carbonyl (C=O) groups is 1. The van der Waals surface area contributed by atoms with Crippen molar-refractivity contribution in [3.63, 3.8) is 0 Å². The average Bonchev–Trinajstić information content (AvgIpc) is 3.19. The third-order valence-corrected chi connectivity index (χ3v) is 4.54. The Hall–Kier alpha value is -1.79. The van der Waals surface area contributed by atoms with Crippen LogP contribution in [-0.2, 0) is 6.54 Å². The first-order valence-electron chi connectivity index (χ1n) is 7.01. The van der Waals surface area contributed by atoms with Gasteiger partial charge < -0.3 is 4.90 Å². The van der Waals surface area contributed by atoms with E-state index in [9.17, 15) is 4.79 Å². The van der Waals surface area contributed by atoms with Crippen LogP contribution in [-0.4, -0.2) is 51.9 Å². The summed E-state index contributed by atoms with van der Waals surface area (Å²) in [5.41, 5.74) is 0.801. The molecular formula is C15H18N4OS. The Morgan fingerprint density at radius 1 is 1.48 bits per heavy atom. The van der Waals surface area contributed by atoms with Crippen molar-refractivity contribution in [2.24, 2.45) is 0 Å². The van der Waals surface area contributed by atoms with Gasteiger partial charge in [0.2, 0.25) is 0 Å². The second kappa shape index (κ2) is 6.32. The van der Waals surface area contributed by atoms with Crippen LogP contribution in [0.4, 0.5) is 0 Å². The molecule has 0 aromatic carbocycles. The number of nitrogens with zero attached hydrogens (tertiary/aromatic N) is 4. The Kier molecular flexibility index (Phi) is 4.26. The zero-order chi connectivity index (χ0) is 14.7. The number of aromatic nitrogens is 2. The Bertz CT molecular complexity index is 587. The van der Waals surface area contributed by atoms with Gasteiger partial charge in [-0.3, -0.25) is 9.69 Å². The molecule has 1 aliphatic rings. The van der Waals surface area contributed by atoms with E-state index in [1.807, 2.05) is 27.8 Å². The molecule has 1 amide bonds. The van der Waals surface area contributed by atoms with Crippen LogP contribution in [0, 0.1) is 0 Å². The predicted molar refractivity (Wildman–Crippen MR) is 82.1 cm³/mol. The first-order valence-corrected chi connectivity index (χ1v) is 7.96. The number of carbonyl (C=O) groups excluding carboxylic acids is 1. The summed E-state index contributed by atoms with van der Waals surface area (Å²) < 4.78 is 0. The molecule has 5 nitrogen and oxygen atoms in total. The number of likely N-dealkylation sites (N-methyl/N-ethyl adjacent to an activating group) is 1.